The predicted octanol–water partition coefficient (Wildman–Crippen LogP) is 2.04. The van der Waals surface area contributed by atoms with Gasteiger partial charge in [0.1, 0.15) is 0 Å². The van der Waals surface area contributed by atoms with Crippen molar-refractivity contribution in [1.82, 2.24) is 14.7 Å². The molecule has 6 heteroatoms. The summed E-state index contributed by atoms with van der Waals surface area (Å²) in [5.41, 5.74) is 1.17. The molecule has 1 aromatic heterocycles. The molecule has 124 valence electrons. The molecule has 1 amide bonds. The molecule has 1 aliphatic carbocycles. The summed E-state index contributed by atoms with van der Waals surface area (Å²) in [7, 11) is 0. The zero-order valence-electron chi connectivity index (χ0n) is 13.3. The minimum atomic E-state index is -0.443. The SMILES string of the molecule is O=C(OCC1CC(=O)N(C2CC2)C1)c1ccn(-c2ccccc2)n1. The highest BCUT2D eigenvalue weighted by Gasteiger charge is 2.39. The van der Waals surface area contributed by atoms with Gasteiger partial charge in [0, 0.05) is 31.1 Å². The summed E-state index contributed by atoms with van der Waals surface area (Å²) in [4.78, 5) is 26.0. The molecule has 2 heterocycles. The van der Waals surface area contributed by atoms with Gasteiger partial charge in [0.2, 0.25) is 5.91 Å². The van der Waals surface area contributed by atoms with E-state index in [4.69, 9.17) is 4.74 Å². The molecular formula is C18H19N3O3. The summed E-state index contributed by atoms with van der Waals surface area (Å²) < 4.78 is 7.01. The van der Waals surface area contributed by atoms with E-state index in [9.17, 15) is 9.59 Å². The molecule has 4 rings (SSSR count). The second kappa shape index (κ2) is 6.11. The number of carbonyl (C=O) groups is 2. The Balaban J connectivity index is 1.34. The molecule has 2 fully saturated rings. The van der Waals surface area contributed by atoms with E-state index in [-0.39, 0.29) is 24.1 Å². The molecule has 1 saturated heterocycles. The molecule has 6 nitrogen and oxygen atoms in total. The molecule has 2 aromatic rings. The molecule has 2 aliphatic rings. The average molecular weight is 325 g/mol. The van der Waals surface area contributed by atoms with Crippen molar-refractivity contribution in [3.05, 3.63) is 48.3 Å². The fraction of sp³-hybridized carbons (Fsp3) is 0.389. The number of esters is 1. The first-order valence-electron chi connectivity index (χ1n) is 8.28. The monoisotopic (exact) mass is 325 g/mol. The second-order valence-electron chi connectivity index (χ2n) is 6.43. The molecule has 0 N–H and O–H groups in total. The van der Waals surface area contributed by atoms with E-state index < -0.39 is 5.97 Å². The van der Waals surface area contributed by atoms with Gasteiger partial charge in [-0.3, -0.25) is 4.79 Å². The lowest BCUT2D eigenvalue weighted by atomic mass is 10.1. The molecule has 1 saturated carbocycles. The molecule has 0 spiro atoms. The van der Waals surface area contributed by atoms with Crippen LogP contribution in [-0.2, 0) is 9.53 Å². The van der Waals surface area contributed by atoms with Gasteiger partial charge in [-0.05, 0) is 31.0 Å². The van der Waals surface area contributed by atoms with Crippen LogP contribution < -0.4 is 0 Å². The van der Waals surface area contributed by atoms with Crippen LogP contribution in [0.5, 0.6) is 0 Å². The summed E-state index contributed by atoms with van der Waals surface area (Å²) >= 11 is 0. The predicted molar refractivity (Wildman–Crippen MR) is 86.7 cm³/mol. The van der Waals surface area contributed by atoms with Crippen molar-refractivity contribution < 1.29 is 14.3 Å². The van der Waals surface area contributed by atoms with Crippen molar-refractivity contribution in [1.29, 1.82) is 0 Å². The Hall–Kier alpha value is -2.63. The number of hydrogen-bond acceptors (Lipinski definition) is 4. The first kappa shape index (κ1) is 14.9. The van der Waals surface area contributed by atoms with E-state index >= 15 is 0 Å². The van der Waals surface area contributed by atoms with E-state index in [0.717, 1.165) is 18.5 Å². The van der Waals surface area contributed by atoms with Gasteiger partial charge in [0.15, 0.2) is 5.69 Å². The van der Waals surface area contributed by atoms with Crippen molar-refractivity contribution in [2.45, 2.75) is 25.3 Å². The van der Waals surface area contributed by atoms with Gasteiger partial charge in [0.05, 0.1) is 12.3 Å². The van der Waals surface area contributed by atoms with Crippen molar-refractivity contribution in [2.24, 2.45) is 5.92 Å². The van der Waals surface area contributed by atoms with Crippen LogP contribution >= 0.6 is 0 Å². The van der Waals surface area contributed by atoms with Gasteiger partial charge in [-0.15, -0.1) is 0 Å². The highest BCUT2D eigenvalue weighted by Crippen LogP contribution is 2.32. The Morgan fingerprint density at radius 3 is 2.75 bits per heavy atom. The lowest BCUT2D eigenvalue weighted by molar-refractivity contribution is -0.128. The highest BCUT2D eigenvalue weighted by atomic mass is 16.5. The standard InChI is InChI=1S/C18H19N3O3/c22-17-10-13(11-20(17)14-6-7-14)12-24-18(23)16-8-9-21(19-16)15-4-2-1-3-5-15/h1-5,8-9,13-14H,6-7,10-12H2. The van der Waals surface area contributed by atoms with Crippen LogP contribution in [0.15, 0.2) is 42.6 Å². The molecule has 24 heavy (non-hydrogen) atoms. The summed E-state index contributed by atoms with van der Waals surface area (Å²) in [6.45, 7) is 0.973. The number of aromatic nitrogens is 2. The van der Waals surface area contributed by atoms with Gasteiger partial charge in [-0.2, -0.15) is 5.10 Å². The number of nitrogens with zero attached hydrogens (tertiary/aromatic N) is 3. The number of amides is 1. The summed E-state index contributed by atoms with van der Waals surface area (Å²) in [6, 6.07) is 11.7. The van der Waals surface area contributed by atoms with E-state index in [2.05, 4.69) is 5.10 Å². The smallest absolute Gasteiger partial charge is 0.358 e. The lowest BCUT2D eigenvalue weighted by Crippen LogP contribution is -2.28. The fourth-order valence-corrected chi connectivity index (χ4v) is 3.08. The minimum Gasteiger partial charge on any atom is -0.461 e. The van der Waals surface area contributed by atoms with Crippen LogP contribution in [0.2, 0.25) is 0 Å². The first-order valence-corrected chi connectivity index (χ1v) is 8.28. The topological polar surface area (TPSA) is 64.4 Å². The molecule has 1 atom stereocenters. The van der Waals surface area contributed by atoms with E-state index in [1.165, 1.54) is 0 Å². The van der Waals surface area contributed by atoms with E-state index in [1.807, 2.05) is 35.2 Å². The number of carbonyl (C=O) groups excluding carboxylic acids is 2. The second-order valence-corrected chi connectivity index (χ2v) is 6.43. The van der Waals surface area contributed by atoms with Crippen LogP contribution in [0.25, 0.3) is 5.69 Å². The van der Waals surface area contributed by atoms with E-state index in [0.29, 0.717) is 19.0 Å². The number of likely N-dealkylation sites (tertiary alicyclic amines) is 1. The molecular weight excluding hydrogens is 306 g/mol. The van der Waals surface area contributed by atoms with Gasteiger partial charge in [-0.1, -0.05) is 18.2 Å². The van der Waals surface area contributed by atoms with Crippen molar-refractivity contribution in [3.8, 4) is 5.69 Å². The zero-order chi connectivity index (χ0) is 16.5. The summed E-state index contributed by atoms with van der Waals surface area (Å²) in [6.07, 6.45) is 4.42. The maximum absolute atomic E-state index is 12.2. The first-order chi connectivity index (χ1) is 11.7. The number of benzene rings is 1. The highest BCUT2D eigenvalue weighted by molar-refractivity contribution is 5.87. The van der Waals surface area contributed by atoms with Gasteiger partial charge < -0.3 is 9.64 Å². The number of rotatable bonds is 5. The van der Waals surface area contributed by atoms with Crippen LogP contribution in [0.4, 0.5) is 0 Å². The number of para-hydroxylation sites is 1. The quantitative estimate of drug-likeness (QED) is 0.789. The van der Waals surface area contributed by atoms with Crippen molar-refractivity contribution in [2.75, 3.05) is 13.2 Å². The molecule has 0 radical (unpaired) electrons. The third-order valence-electron chi connectivity index (χ3n) is 4.50. The van der Waals surface area contributed by atoms with Crippen LogP contribution in [-0.4, -0.2) is 45.8 Å². The lowest BCUT2D eigenvalue weighted by Gasteiger charge is -2.15. The summed E-state index contributed by atoms with van der Waals surface area (Å²) in [5, 5.41) is 4.26. The average Bonchev–Trinajstić information content (AvgIpc) is 3.19. The van der Waals surface area contributed by atoms with Crippen LogP contribution in [0.3, 0.4) is 0 Å². The molecule has 1 aliphatic heterocycles. The van der Waals surface area contributed by atoms with Gasteiger partial charge in [-0.25, -0.2) is 9.48 Å². The third-order valence-corrected chi connectivity index (χ3v) is 4.50. The Morgan fingerprint density at radius 2 is 2.00 bits per heavy atom. The van der Waals surface area contributed by atoms with Crippen LogP contribution in [0, 0.1) is 5.92 Å². The third kappa shape index (κ3) is 3.04. The Kier molecular flexibility index (Phi) is 3.80. The minimum absolute atomic E-state index is 0.0956. The normalized spacial score (nSPS) is 20.4. The Morgan fingerprint density at radius 1 is 1.21 bits per heavy atom. The molecule has 0 bridgehead atoms. The molecule has 1 unspecified atom stereocenters. The van der Waals surface area contributed by atoms with Crippen molar-refractivity contribution >= 4 is 11.9 Å². The number of ether oxygens (including phenoxy) is 1. The van der Waals surface area contributed by atoms with Crippen molar-refractivity contribution in [3.63, 3.8) is 0 Å². The molecule has 1 aromatic carbocycles. The zero-order valence-corrected chi connectivity index (χ0v) is 13.3. The Bertz CT molecular complexity index is 752. The van der Waals surface area contributed by atoms with Crippen LogP contribution in [0.1, 0.15) is 29.8 Å². The largest absolute Gasteiger partial charge is 0.461 e. The van der Waals surface area contributed by atoms with Gasteiger partial charge in [0.25, 0.3) is 0 Å². The summed E-state index contributed by atoms with van der Waals surface area (Å²) in [5.74, 6) is -0.160. The Labute approximate surface area is 140 Å². The number of hydrogen-bond donors (Lipinski definition) is 0. The fourth-order valence-electron chi connectivity index (χ4n) is 3.08. The van der Waals surface area contributed by atoms with Gasteiger partial charge >= 0.3 is 5.97 Å². The van der Waals surface area contributed by atoms with E-state index in [1.54, 1.807) is 16.9 Å². The maximum atomic E-state index is 12.2. The maximum Gasteiger partial charge on any atom is 0.358 e.